The van der Waals surface area contributed by atoms with Crippen LogP contribution < -0.4 is 11.1 Å². The minimum atomic E-state index is -0.347. The lowest BCUT2D eigenvalue weighted by Gasteiger charge is -2.21. The highest BCUT2D eigenvalue weighted by atomic mass is 32.2. The molecule has 1 fully saturated rings. The molecule has 0 amide bonds. The first-order valence-electron chi connectivity index (χ1n) is 10.0. The second kappa shape index (κ2) is 9.44. The summed E-state index contributed by atoms with van der Waals surface area (Å²) in [6.45, 7) is 3.96. The zero-order valence-corrected chi connectivity index (χ0v) is 19.4. The number of nitrogens with zero attached hydrogens (tertiary/aromatic N) is 4. The molecule has 11 heteroatoms. The number of carbonyl (C=O) groups excluding carboxylic acids is 1. The molecule has 3 heterocycles. The Hall–Kier alpha value is -1.98. The molecule has 0 aliphatic heterocycles. The number of fused-ring (bicyclic) bond motifs is 1. The Kier molecular flexibility index (Phi) is 6.69. The molecular formula is C19H24N6O2S3. The minimum Gasteiger partial charge on any atom is -0.462 e. The van der Waals surface area contributed by atoms with E-state index in [4.69, 9.17) is 10.5 Å². The van der Waals surface area contributed by atoms with Gasteiger partial charge in [0, 0.05) is 6.04 Å². The average molecular weight is 465 g/mol. The number of thioether (sulfide) groups is 1. The highest BCUT2D eigenvalue weighted by Crippen LogP contribution is 2.35. The van der Waals surface area contributed by atoms with Crippen LogP contribution in [0, 0.1) is 6.92 Å². The van der Waals surface area contributed by atoms with E-state index in [1.54, 1.807) is 18.3 Å². The molecule has 0 atom stereocenters. The van der Waals surface area contributed by atoms with Crippen LogP contribution in [0.25, 0.3) is 10.2 Å². The van der Waals surface area contributed by atoms with E-state index in [1.165, 1.54) is 55.2 Å². The van der Waals surface area contributed by atoms with Crippen LogP contribution in [0.15, 0.2) is 4.34 Å². The summed E-state index contributed by atoms with van der Waals surface area (Å²) in [5.41, 5.74) is 6.95. The number of esters is 1. The van der Waals surface area contributed by atoms with Gasteiger partial charge in [0.25, 0.3) is 0 Å². The number of anilines is 2. The monoisotopic (exact) mass is 464 g/mol. The van der Waals surface area contributed by atoms with Crippen molar-refractivity contribution in [3.8, 4) is 0 Å². The van der Waals surface area contributed by atoms with Crippen LogP contribution in [0.5, 0.6) is 0 Å². The van der Waals surface area contributed by atoms with Crippen LogP contribution in [0.1, 0.15) is 60.1 Å². The van der Waals surface area contributed by atoms with E-state index in [1.807, 2.05) is 6.92 Å². The Balaban J connectivity index is 1.44. The summed E-state index contributed by atoms with van der Waals surface area (Å²) < 4.78 is 5.99. The Labute approximate surface area is 187 Å². The normalized spacial score (nSPS) is 14.9. The van der Waals surface area contributed by atoms with Crippen molar-refractivity contribution in [2.75, 3.05) is 17.7 Å². The van der Waals surface area contributed by atoms with E-state index >= 15 is 0 Å². The molecule has 0 unspecified atom stereocenters. The van der Waals surface area contributed by atoms with Gasteiger partial charge in [0.05, 0.1) is 17.7 Å². The zero-order valence-electron chi connectivity index (χ0n) is 16.9. The van der Waals surface area contributed by atoms with Gasteiger partial charge in [-0.05, 0) is 32.3 Å². The zero-order chi connectivity index (χ0) is 21.1. The second-order valence-corrected chi connectivity index (χ2v) is 10.3. The highest BCUT2D eigenvalue weighted by molar-refractivity contribution is 8.00. The number of nitrogens with two attached hydrogens (primary N) is 1. The molecule has 1 aliphatic rings. The molecule has 3 N–H and O–H groups in total. The standard InChI is InChI=1S/C19H24N6O2S3/c1-3-27-17(26)14-10(2)13-15(20)22-12(23-16(13)29-14)9-28-19-25-24-18(30-19)21-11-7-5-4-6-8-11/h11H,3-9H2,1-2H3,(H,21,24)(H2,20,22,23). The summed E-state index contributed by atoms with van der Waals surface area (Å²) in [6.07, 6.45) is 6.28. The largest absolute Gasteiger partial charge is 0.462 e. The van der Waals surface area contributed by atoms with Crippen molar-refractivity contribution in [1.29, 1.82) is 0 Å². The van der Waals surface area contributed by atoms with E-state index in [0.717, 1.165) is 20.4 Å². The fraction of sp³-hybridized carbons (Fsp3) is 0.526. The Bertz CT molecular complexity index is 1040. The van der Waals surface area contributed by atoms with Gasteiger partial charge >= 0.3 is 5.97 Å². The number of ether oxygens (including phenoxy) is 1. The molecule has 3 aromatic heterocycles. The van der Waals surface area contributed by atoms with Crippen molar-refractivity contribution in [3.05, 3.63) is 16.3 Å². The van der Waals surface area contributed by atoms with Gasteiger partial charge in [-0.15, -0.1) is 21.5 Å². The van der Waals surface area contributed by atoms with Crippen LogP contribution in [0.2, 0.25) is 0 Å². The molecule has 0 radical (unpaired) electrons. The molecule has 1 saturated carbocycles. The lowest BCUT2D eigenvalue weighted by atomic mass is 9.96. The lowest BCUT2D eigenvalue weighted by molar-refractivity contribution is 0.0531. The highest BCUT2D eigenvalue weighted by Gasteiger charge is 2.21. The van der Waals surface area contributed by atoms with Gasteiger partial charge in [-0.1, -0.05) is 42.4 Å². The summed E-state index contributed by atoms with van der Waals surface area (Å²) in [7, 11) is 0. The average Bonchev–Trinajstić information content (AvgIpc) is 3.31. The van der Waals surface area contributed by atoms with Crippen LogP contribution in [-0.2, 0) is 10.5 Å². The second-order valence-electron chi connectivity index (χ2n) is 7.12. The molecule has 4 rings (SSSR count). The number of aryl methyl sites for hydroxylation is 1. The molecule has 0 spiro atoms. The van der Waals surface area contributed by atoms with Crippen molar-refractivity contribution >= 4 is 61.6 Å². The summed E-state index contributed by atoms with van der Waals surface area (Å²) in [6, 6.07) is 0.505. The van der Waals surface area contributed by atoms with Crippen molar-refractivity contribution in [3.63, 3.8) is 0 Å². The predicted molar refractivity (Wildman–Crippen MR) is 122 cm³/mol. The summed E-state index contributed by atoms with van der Waals surface area (Å²) >= 11 is 4.39. The van der Waals surface area contributed by atoms with Gasteiger partial charge in [-0.3, -0.25) is 0 Å². The topological polar surface area (TPSA) is 116 Å². The number of nitrogens with one attached hydrogen (secondary N) is 1. The summed E-state index contributed by atoms with van der Waals surface area (Å²) in [5.74, 6) is 1.18. The lowest BCUT2D eigenvalue weighted by Crippen LogP contribution is -2.21. The van der Waals surface area contributed by atoms with E-state index in [0.29, 0.717) is 39.8 Å². The molecule has 160 valence electrons. The van der Waals surface area contributed by atoms with E-state index < -0.39 is 0 Å². The SMILES string of the molecule is CCOC(=O)c1sc2nc(CSc3nnc(NC4CCCCC4)s3)nc(N)c2c1C. The van der Waals surface area contributed by atoms with E-state index in [9.17, 15) is 4.79 Å². The Morgan fingerprint density at radius 2 is 2.03 bits per heavy atom. The fourth-order valence-corrected chi connectivity index (χ4v) is 6.33. The van der Waals surface area contributed by atoms with Gasteiger partial charge < -0.3 is 15.8 Å². The fourth-order valence-electron chi connectivity index (χ4n) is 3.55. The minimum absolute atomic E-state index is 0.328. The summed E-state index contributed by atoms with van der Waals surface area (Å²) in [5, 5.41) is 13.6. The molecule has 0 saturated heterocycles. The molecule has 30 heavy (non-hydrogen) atoms. The smallest absolute Gasteiger partial charge is 0.348 e. The first-order valence-corrected chi connectivity index (χ1v) is 12.6. The van der Waals surface area contributed by atoms with Gasteiger partial charge in [0.2, 0.25) is 5.13 Å². The number of hydrogen-bond donors (Lipinski definition) is 2. The number of thiophene rings is 1. The maximum absolute atomic E-state index is 12.2. The van der Waals surface area contributed by atoms with Crippen LogP contribution in [-0.4, -0.2) is 38.8 Å². The predicted octanol–water partition coefficient (Wildman–Crippen LogP) is 4.65. The van der Waals surface area contributed by atoms with Crippen LogP contribution in [0.3, 0.4) is 0 Å². The number of rotatable bonds is 7. The van der Waals surface area contributed by atoms with Crippen LogP contribution >= 0.6 is 34.4 Å². The third kappa shape index (κ3) is 4.68. The van der Waals surface area contributed by atoms with Gasteiger partial charge in [0.1, 0.15) is 21.3 Å². The van der Waals surface area contributed by atoms with E-state index in [2.05, 4.69) is 25.5 Å². The van der Waals surface area contributed by atoms with Gasteiger partial charge in [-0.25, -0.2) is 14.8 Å². The quantitative estimate of drug-likeness (QED) is 0.381. The Morgan fingerprint density at radius 3 is 2.80 bits per heavy atom. The molecule has 0 aromatic carbocycles. The van der Waals surface area contributed by atoms with Gasteiger partial charge in [0.15, 0.2) is 4.34 Å². The van der Waals surface area contributed by atoms with Crippen molar-refractivity contribution in [2.24, 2.45) is 0 Å². The first kappa shape index (κ1) is 21.3. The molecule has 0 bridgehead atoms. The van der Waals surface area contributed by atoms with Crippen LogP contribution in [0.4, 0.5) is 10.9 Å². The molecule has 1 aliphatic carbocycles. The third-order valence-corrected chi connectivity index (χ3v) is 8.14. The van der Waals surface area contributed by atoms with Gasteiger partial charge in [-0.2, -0.15) is 0 Å². The molecule has 3 aromatic rings. The third-order valence-electron chi connectivity index (χ3n) is 4.99. The number of hydrogen-bond acceptors (Lipinski definition) is 11. The first-order chi connectivity index (χ1) is 14.5. The Morgan fingerprint density at radius 1 is 1.23 bits per heavy atom. The molecule has 8 nitrogen and oxygen atoms in total. The maximum atomic E-state index is 12.2. The summed E-state index contributed by atoms with van der Waals surface area (Å²) in [4.78, 5) is 22.4. The van der Waals surface area contributed by atoms with E-state index in [-0.39, 0.29) is 5.97 Å². The molecular weight excluding hydrogens is 440 g/mol. The number of carbonyl (C=O) groups is 1. The van der Waals surface area contributed by atoms with Crippen molar-refractivity contribution in [1.82, 2.24) is 20.2 Å². The number of nitrogen functional groups attached to an aromatic ring is 1. The van der Waals surface area contributed by atoms with Crippen molar-refractivity contribution < 1.29 is 9.53 Å². The maximum Gasteiger partial charge on any atom is 0.348 e. The number of aromatic nitrogens is 4. The van der Waals surface area contributed by atoms with Crippen molar-refractivity contribution in [2.45, 2.75) is 62.1 Å².